The van der Waals surface area contributed by atoms with Crippen LogP contribution >= 0.6 is 0 Å². The number of fused-ring (bicyclic) bond motifs is 1. The average molecular weight is 241 g/mol. The predicted molar refractivity (Wildman–Crippen MR) is 68.9 cm³/mol. The van der Waals surface area contributed by atoms with Crippen molar-refractivity contribution in [3.8, 4) is 11.3 Å². The Kier molecular flexibility index (Phi) is 3.04. The maximum atomic E-state index is 5.82. The van der Waals surface area contributed by atoms with Gasteiger partial charge in [0.15, 0.2) is 0 Å². The predicted octanol–water partition coefficient (Wildman–Crippen LogP) is 1.93. The number of nitrogens with one attached hydrogen (secondary N) is 1. The van der Waals surface area contributed by atoms with Crippen LogP contribution in [0, 0.1) is 0 Å². The van der Waals surface area contributed by atoms with E-state index in [9.17, 15) is 0 Å². The Hall–Kier alpha value is -1.78. The molecular weight excluding hydrogens is 226 g/mol. The second-order valence-corrected chi connectivity index (χ2v) is 4.33. The van der Waals surface area contributed by atoms with Crippen LogP contribution in [-0.2, 0) is 11.3 Å². The molecule has 0 aliphatic carbocycles. The molecule has 0 fully saturated rings. The Morgan fingerprint density at radius 3 is 3.11 bits per heavy atom. The summed E-state index contributed by atoms with van der Waals surface area (Å²) in [6.45, 7) is 1.49. The van der Waals surface area contributed by atoms with Crippen molar-refractivity contribution in [3.63, 3.8) is 0 Å². The zero-order valence-electron chi connectivity index (χ0n) is 10.3. The normalized spacial score (nSPS) is 17.7. The third-order valence-electron chi connectivity index (χ3n) is 3.24. The lowest BCUT2D eigenvalue weighted by Crippen LogP contribution is -2.16. The fraction of sp³-hybridized carbons (Fsp3) is 0.286. The van der Waals surface area contributed by atoms with Crippen molar-refractivity contribution in [3.05, 3.63) is 47.9 Å². The Morgan fingerprint density at radius 2 is 2.33 bits per heavy atom. The van der Waals surface area contributed by atoms with Crippen LogP contribution < -0.4 is 5.32 Å². The van der Waals surface area contributed by atoms with E-state index in [4.69, 9.17) is 4.74 Å². The van der Waals surface area contributed by atoms with Gasteiger partial charge in [0.2, 0.25) is 0 Å². The molecule has 0 saturated carbocycles. The van der Waals surface area contributed by atoms with E-state index in [0.717, 1.165) is 17.8 Å². The first kappa shape index (κ1) is 11.3. The molecule has 0 saturated heterocycles. The van der Waals surface area contributed by atoms with Gasteiger partial charge in [0.25, 0.3) is 0 Å². The van der Waals surface area contributed by atoms with Gasteiger partial charge in [-0.2, -0.15) is 0 Å². The largest absolute Gasteiger partial charge is 0.367 e. The topological polar surface area (TPSA) is 47.0 Å². The number of ether oxygens (including phenoxy) is 1. The fourth-order valence-electron chi connectivity index (χ4n) is 2.39. The van der Waals surface area contributed by atoms with Gasteiger partial charge in [-0.1, -0.05) is 18.2 Å². The van der Waals surface area contributed by atoms with E-state index in [2.05, 4.69) is 33.5 Å². The third-order valence-corrected chi connectivity index (χ3v) is 3.24. The van der Waals surface area contributed by atoms with E-state index in [0.29, 0.717) is 6.61 Å². The van der Waals surface area contributed by atoms with Gasteiger partial charge in [0, 0.05) is 18.3 Å². The van der Waals surface area contributed by atoms with Crippen molar-refractivity contribution in [2.75, 3.05) is 13.6 Å². The highest BCUT2D eigenvalue weighted by Crippen LogP contribution is 2.36. The SMILES string of the molecule is CNCC1OCc2c(-c3ccncn3)cccc21. The molecule has 2 aromatic rings. The molecule has 0 amide bonds. The van der Waals surface area contributed by atoms with Crippen LogP contribution in [0.1, 0.15) is 17.2 Å². The van der Waals surface area contributed by atoms with Gasteiger partial charge in [-0.15, -0.1) is 0 Å². The van der Waals surface area contributed by atoms with Crippen molar-refractivity contribution in [2.24, 2.45) is 0 Å². The summed E-state index contributed by atoms with van der Waals surface area (Å²) in [7, 11) is 1.94. The first-order valence-corrected chi connectivity index (χ1v) is 6.04. The lowest BCUT2D eigenvalue weighted by molar-refractivity contribution is 0.0675. The quantitative estimate of drug-likeness (QED) is 0.892. The molecule has 3 rings (SSSR count). The maximum Gasteiger partial charge on any atom is 0.116 e. The van der Waals surface area contributed by atoms with E-state index in [1.54, 1.807) is 12.5 Å². The molecule has 92 valence electrons. The first-order valence-electron chi connectivity index (χ1n) is 6.04. The average Bonchev–Trinajstić information content (AvgIpc) is 2.84. The first-order chi connectivity index (χ1) is 8.90. The number of rotatable bonds is 3. The van der Waals surface area contributed by atoms with Crippen LogP contribution in [0.25, 0.3) is 11.3 Å². The maximum absolute atomic E-state index is 5.82. The van der Waals surface area contributed by atoms with Crippen molar-refractivity contribution in [2.45, 2.75) is 12.7 Å². The molecule has 1 unspecified atom stereocenters. The summed E-state index contributed by atoms with van der Waals surface area (Å²) in [6.07, 6.45) is 3.49. The highest BCUT2D eigenvalue weighted by atomic mass is 16.5. The van der Waals surface area contributed by atoms with Crippen LogP contribution in [0.3, 0.4) is 0 Å². The third kappa shape index (κ3) is 1.89. The second kappa shape index (κ2) is 4.84. The number of likely N-dealkylation sites (N-methyl/N-ethyl adjacent to an activating group) is 1. The smallest absolute Gasteiger partial charge is 0.116 e. The Balaban J connectivity index is 2.04. The number of nitrogens with zero attached hydrogens (tertiary/aromatic N) is 2. The second-order valence-electron chi connectivity index (χ2n) is 4.33. The summed E-state index contributed by atoms with van der Waals surface area (Å²) < 4.78 is 5.82. The zero-order valence-corrected chi connectivity index (χ0v) is 10.3. The van der Waals surface area contributed by atoms with Crippen LogP contribution in [0.2, 0.25) is 0 Å². The van der Waals surface area contributed by atoms with Gasteiger partial charge in [0.1, 0.15) is 6.33 Å². The molecule has 0 radical (unpaired) electrons. The number of aromatic nitrogens is 2. The highest BCUT2D eigenvalue weighted by molar-refractivity contribution is 5.65. The van der Waals surface area contributed by atoms with Gasteiger partial charge in [-0.25, -0.2) is 9.97 Å². The van der Waals surface area contributed by atoms with Crippen LogP contribution in [0.15, 0.2) is 36.8 Å². The van der Waals surface area contributed by atoms with Crippen molar-refractivity contribution < 1.29 is 4.74 Å². The zero-order chi connectivity index (χ0) is 12.4. The summed E-state index contributed by atoms with van der Waals surface area (Å²) in [5.41, 5.74) is 4.61. The summed E-state index contributed by atoms with van der Waals surface area (Å²) in [5.74, 6) is 0. The minimum Gasteiger partial charge on any atom is -0.367 e. The molecule has 1 atom stereocenters. The van der Waals surface area contributed by atoms with Crippen LogP contribution in [0.4, 0.5) is 0 Å². The molecule has 18 heavy (non-hydrogen) atoms. The fourth-order valence-corrected chi connectivity index (χ4v) is 2.39. The van der Waals surface area contributed by atoms with Gasteiger partial charge < -0.3 is 10.1 Å². The van der Waals surface area contributed by atoms with Gasteiger partial charge in [-0.3, -0.25) is 0 Å². The molecule has 1 aromatic carbocycles. The van der Waals surface area contributed by atoms with E-state index >= 15 is 0 Å². The van der Waals surface area contributed by atoms with E-state index < -0.39 is 0 Å². The molecule has 0 bridgehead atoms. The van der Waals surface area contributed by atoms with E-state index in [1.807, 2.05) is 13.1 Å². The number of benzene rings is 1. The molecule has 1 N–H and O–H groups in total. The molecular formula is C14H15N3O. The Bertz CT molecular complexity index is 542. The van der Waals surface area contributed by atoms with Crippen LogP contribution in [-0.4, -0.2) is 23.6 Å². The Morgan fingerprint density at radius 1 is 1.39 bits per heavy atom. The standard InChI is InChI=1S/C14H15N3O/c1-15-7-14-11-4-2-3-10(12(11)8-18-14)13-5-6-16-9-17-13/h2-6,9,14-15H,7-8H2,1H3. The van der Waals surface area contributed by atoms with Crippen molar-refractivity contribution in [1.82, 2.24) is 15.3 Å². The minimum absolute atomic E-state index is 0.145. The lowest BCUT2D eigenvalue weighted by atomic mass is 9.98. The summed E-state index contributed by atoms with van der Waals surface area (Å²) in [5, 5.41) is 3.16. The molecule has 1 aromatic heterocycles. The van der Waals surface area contributed by atoms with Crippen molar-refractivity contribution >= 4 is 0 Å². The molecule has 0 spiro atoms. The molecule has 1 aliphatic heterocycles. The van der Waals surface area contributed by atoms with Gasteiger partial charge in [0.05, 0.1) is 18.4 Å². The minimum atomic E-state index is 0.145. The molecule has 4 nitrogen and oxygen atoms in total. The van der Waals surface area contributed by atoms with Crippen molar-refractivity contribution in [1.29, 1.82) is 0 Å². The van der Waals surface area contributed by atoms with Gasteiger partial charge in [-0.05, 0) is 24.2 Å². The van der Waals surface area contributed by atoms with E-state index in [-0.39, 0.29) is 6.10 Å². The Labute approximate surface area is 106 Å². The molecule has 4 heteroatoms. The number of hydrogen-bond donors (Lipinski definition) is 1. The monoisotopic (exact) mass is 241 g/mol. The van der Waals surface area contributed by atoms with Crippen LogP contribution in [0.5, 0.6) is 0 Å². The molecule has 2 heterocycles. The summed E-state index contributed by atoms with van der Waals surface area (Å²) in [6, 6.07) is 8.22. The lowest BCUT2D eigenvalue weighted by Gasteiger charge is -2.10. The van der Waals surface area contributed by atoms with Gasteiger partial charge >= 0.3 is 0 Å². The molecule has 1 aliphatic rings. The number of hydrogen-bond acceptors (Lipinski definition) is 4. The highest BCUT2D eigenvalue weighted by Gasteiger charge is 2.25. The summed E-state index contributed by atoms with van der Waals surface area (Å²) >= 11 is 0. The van der Waals surface area contributed by atoms with E-state index in [1.165, 1.54) is 11.1 Å². The summed E-state index contributed by atoms with van der Waals surface area (Å²) in [4.78, 5) is 8.27.